The Kier molecular flexibility index (Phi) is 7.99. The molecule has 0 aliphatic carbocycles. The molecule has 1 amide bonds. The number of carbonyl (C=O) groups excluding carboxylic acids is 1. The molecule has 3 rings (SSSR count). The maximum atomic E-state index is 12.9. The number of sulfonamides is 1. The van der Waals surface area contributed by atoms with E-state index in [0.717, 1.165) is 34.4 Å². The van der Waals surface area contributed by atoms with Gasteiger partial charge in [-0.25, -0.2) is 8.42 Å². The Balaban J connectivity index is 1.77. The summed E-state index contributed by atoms with van der Waals surface area (Å²) in [7, 11) is -1.87. The molecule has 0 saturated carbocycles. The molecule has 0 saturated heterocycles. The van der Waals surface area contributed by atoms with E-state index in [0.29, 0.717) is 11.3 Å². The SMILES string of the molecule is CC[C@@H](NC(=O)c1ccc(N(Cc2ccc(C)cc2)S(C)(=O)=O)cc1)c1ccc(OC)c(C)c1. The fourth-order valence-corrected chi connectivity index (χ4v) is 4.71. The van der Waals surface area contributed by atoms with Crippen molar-refractivity contribution in [3.63, 3.8) is 0 Å². The molecular formula is C27H32N2O4S. The topological polar surface area (TPSA) is 75.7 Å². The lowest BCUT2D eigenvalue weighted by Gasteiger charge is -2.23. The van der Waals surface area contributed by atoms with Crippen LogP contribution >= 0.6 is 0 Å². The molecule has 3 aromatic carbocycles. The van der Waals surface area contributed by atoms with Gasteiger partial charge in [-0.2, -0.15) is 0 Å². The summed E-state index contributed by atoms with van der Waals surface area (Å²) in [6.45, 7) is 6.20. The molecule has 0 aromatic heterocycles. The van der Waals surface area contributed by atoms with Gasteiger partial charge in [-0.3, -0.25) is 9.10 Å². The third-order valence-corrected chi connectivity index (χ3v) is 6.94. The van der Waals surface area contributed by atoms with Gasteiger partial charge in [0.1, 0.15) is 5.75 Å². The number of aryl methyl sites for hydroxylation is 2. The fourth-order valence-electron chi connectivity index (χ4n) is 3.82. The highest BCUT2D eigenvalue weighted by atomic mass is 32.2. The fraction of sp³-hybridized carbons (Fsp3) is 0.296. The molecule has 34 heavy (non-hydrogen) atoms. The first kappa shape index (κ1) is 25.3. The predicted molar refractivity (Wildman–Crippen MR) is 137 cm³/mol. The van der Waals surface area contributed by atoms with Gasteiger partial charge in [0.2, 0.25) is 10.0 Å². The van der Waals surface area contributed by atoms with Crippen LogP contribution in [-0.4, -0.2) is 27.7 Å². The second-order valence-corrected chi connectivity index (χ2v) is 10.4. The van der Waals surface area contributed by atoms with Crippen molar-refractivity contribution in [2.45, 2.75) is 39.8 Å². The highest BCUT2D eigenvalue weighted by Gasteiger charge is 2.20. The van der Waals surface area contributed by atoms with E-state index in [-0.39, 0.29) is 18.5 Å². The van der Waals surface area contributed by atoms with Crippen molar-refractivity contribution in [2.75, 3.05) is 17.7 Å². The van der Waals surface area contributed by atoms with Gasteiger partial charge in [0.05, 0.1) is 31.6 Å². The molecule has 0 aliphatic rings. The van der Waals surface area contributed by atoms with Crippen molar-refractivity contribution in [2.24, 2.45) is 0 Å². The lowest BCUT2D eigenvalue weighted by atomic mass is 10.0. The minimum absolute atomic E-state index is 0.147. The summed E-state index contributed by atoms with van der Waals surface area (Å²) in [6.07, 6.45) is 1.92. The van der Waals surface area contributed by atoms with E-state index >= 15 is 0 Å². The van der Waals surface area contributed by atoms with Crippen molar-refractivity contribution >= 4 is 21.6 Å². The van der Waals surface area contributed by atoms with Crippen LogP contribution in [0.3, 0.4) is 0 Å². The largest absolute Gasteiger partial charge is 0.496 e. The zero-order valence-corrected chi connectivity index (χ0v) is 21.1. The Morgan fingerprint density at radius 1 is 1.00 bits per heavy atom. The van der Waals surface area contributed by atoms with Crippen LogP contribution in [-0.2, 0) is 16.6 Å². The van der Waals surface area contributed by atoms with Crippen molar-refractivity contribution in [3.05, 3.63) is 94.5 Å². The van der Waals surface area contributed by atoms with Crippen LogP contribution in [0.4, 0.5) is 5.69 Å². The van der Waals surface area contributed by atoms with Crippen LogP contribution in [0.15, 0.2) is 66.7 Å². The Bertz CT molecular complexity index is 1240. The molecule has 0 heterocycles. The second-order valence-electron chi connectivity index (χ2n) is 8.47. The lowest BCUT2D eigenvalue weighted by molar-refractivity contribution is 0.0935. The van der Waals surface area contributed by atoms with Crippen LogP contribution in [0, 0.1) is 13.8 Å². The molecule has 0 fully saturated rings. The monoisotopic (exact) mass is 480 g/mol. The average molecular weight is 481 g/mol. The van der Waals surface area contributed by atoms with Crippen molar-refractivity contribution in [1.29, 1.82) is 0 Å². The van der Waals surface area contributed by atoms with E-state index in [2.05, 4.69) is 5.32 Å². The van der Waals surface area contributed by atoms with Crippen LogP contribution in [0.25, 0.3) is 0 Å². The van der Waals surface area contributed by atoms with Gasteiger partial charge >= 0.3 is 0 Å². The highest BCUT2D eigenvalue weighted by Crippen LogP contribution is 2.25. The summed E-state index contributed by atoms with van der Waals surface area (Å²) in [4.78, 5) is 12.9. The normalized spacial score (nSPS) is 12.1. The second kappa shape index (κ2) is 10.7. The van der Waals surface area contributed by atoms with Gasteiger partial charge in [0.25, 0.3) is 5.91 Å². The minimum Gasteiger partial charge on any atom is -0.496 e. The Labute approximate surface area is 202 Å². The van der Waals surface area contributed by atoms with Crippen LogP contribution in [0.5, 0.6) is 5.75 Å². The third-order valence-electron chi connectivity index (χ3n) is 5.80. The molecule has 0 aliphatic heterocycles. The zero-order chi connectivity index (χ0) is 24.9. The van der Waals surface area contributed by atoms with E-state index in [1.807, 2.05) is 63.2 Å². The van der Waals surface area contributed by atoms with E-state index < -0.39 is 10.0 Å². The Morgan fingerprint density at radius 3 is 2.18 bits per heavy atom. The van der Waals surface area contributed by atoms with E-state index in [9.17, 15) is 13.2 Å². The molecule has 180 valence electrons. The van der Waals surface area contributed by atoms with Crippen molar-refractivity contribution in [3.8, 4) is 5.75 Å². The number of hydrogen-bond donors (Lipinski definition) is 1. The average Bonchev–Trinajstić information content (AvgIpc) is 2.81. The number of rotatable bonds is 9. The maximum absolute atomic E-state index is 12.9. The lowest BCUT2D eigenvalue weighted by Crippen LogP contribution is -2.30. The molecule has 1 atom stereocenters. The summed E-state index contributed by atoms with van der Waals surface area (Å²) < 4.78 is 31.6. The standard InChI is InChI=1S/C27H32N2O4S/c1-6-25(23-13-16-26(33-4)20(3)17-23)28-27(30)22-11-14-24(15-12-22)29(34(5,31)32)18-21-9-7-19(2)8-10-21/h7-17,25H,6,18H2,1-5H3,(H,28,30)/t25-/m1/s1. The number of ether oxygens (including phenoxy) is 1. The van der Waals surface area contributed by atoms with Crippen LogP contribution in [0.1, 0.15) is 52.0 Å². The quantitative estimate of drug-likeness (QED) is 0.459. The number of anilines is 1. The van der Waals surface area contributed by atoms with Gasteiger partial charge in [0, 0.05) is 5.56 Å². The molecule has 0 spiro atoms. The van der Waals surface area contributed by atoms with Crippen LogP contribution in [0.2, 0.25) is 0 Å². The van der Waals surface area contributed by atoms with Gasteiger partial charge in [-0.05, 0) is 67.3 Å². The zero-order valence-electron chi connectivity index (χ0n) is 20.3. The predicted octanol–water partition coefficient (Wildman–Crippen LogP) is 5.16. The third kappa shape index (κ3) is 6.17. The number of benzene rings is 3. The molecule has 6 nitrogen and oxygen atoms in total. The molecule has 0 bridgehead atoms. The first-order chi connectivity index (χ1) is 16.1. The van der Waals surface area contributed by atoms with Gasteiger partial charge in [-0.15, -0.1) is 0 Å². The molecule has 7 heteroatoms. The van der Waals surface area contributed by atoms with Crippen molar-refractivity contribution < 1.29 is 17.9 Å². The van der Waals surface area contributed by atoms with Gasteiger partial charge < -0.3 is 10.1 Å². The van der Waals surface area contributed by atoms with Crippen molar-refractivity contribution in [1.82, 2.24) is 5.32 Å². The maximum Gasteiger partial charge on any atom is 0.251 e. The number of carbonyl (C=O) groups is 1. The molecule has 0 unspecified atom stereocenters. The minimum atomic E-state index is -3.51. The smallest absolute Gasteiger partial charge is 0.251 e. The number of nitrogens with zero attached hydrogens (tertiary/aromatic N) is 1. The number of nitrogens with one attached hydrogen (secondary N) is 1. The number of hydrogen-bond acceptors (Lipinski definition) is 4. The molecule has 0 radical (unpaired) electrons. The highest BCUT2D eigenvalue weighted by molar-refractivity contribution is 7.92. The van der Waals surface area contributed by atoms with E-state index in [1.165, 1.54) is 10.6 Å². The van der Waals surface area contributed by atoms with Gasteiger partial charge in [0.15, 0.2) is 0 Å². The summed E-state index contributed by atoms with van der Waals surface area (Å²) in [6, 6.07) is 20.1. The first-order valence-electron chi connectivity index (χ1n) is 11.2. The molecule has 3 aromatic rings. The van der Waals surface area contributed by atoms with Crippen LogP contribution < -0.4 is 14.4 Å². The van der Waals surface area contributed by atoms with E-state index in [4.69, 9.17) is 4.74 Å². The molecule has 1 N–H and O–H groups in total. The number of amides is 1. The summed E-state index contributed by atoms with van der Waals surface area (Å²) in [5, 5.41) is 3.08. The first-order valence-corrected chi connectivity index (χ1v) is 13.1. The van der Waals surface area contributed by atoms with Gasteiger partial charge in [-0.1, -0.05) is 48.9 Å². The summed E-state index contributed by atoms with van der Waals surface area (Å²) in [5.74, 6) is 0.595. The van der Waals surface area contributed by atoms with E-state index in [1.54, 1.807) is 31.4 Å². The Hall–Kier alpha value is -3.32. The number of methoxy groups -OCH3 is 1. The summed E-state index contributed by atoms with van der Waals surface area (Å²) in [5.41, 5.74) is 4.99. The summed E-state index contributed by atoms with van der Waals surface area (Å²) >= 11 is 0. The Morgan fingerprint density at radius 2 is 1.65 bits per heavy atom. The molecular weight excluding hydrogens is 448 g/mol.